The minimum atomic E-state index is -1.79. The number of carbonyl (C=O) groups is 1. The van der Waals surface area contributed by atoms with Gasteiger partial charge in [-0.25, -0.2) is 0 Å². The van der Waals surface area contributed by atoms with Crippen molar-refractivity contribution in [2.24, 2.45) is 0 Å². The second kappa shape index (κ2) is 66.9. The van der Waals surface area contributed by atoms with E-state index >= 15 is 0 Å². The minimum Gasteiger partial charge on any atom is -0.394 e. The van der Waals surface area contributed by atoms with E-state index in [2.05, 4.69) is 19.2 Å². The minimum absolute atomic E-state index is 0.229. The highest BCUT2D eigenvalue weighted by Crippen LogP contribution is 2.31. The van der Waals surface area contributed by atoms with E-state index in [4.69, 9.17) is 18.9 Å². The molecule has 0 radical (unpaired) electrons. The second-order valence-electron chi connectivity index (χ2n) is 30.0. The molecule has 96 heavy (non-hydrogen) atoms. The maximum atomic E-state index is 13.4. The third kappa shape index (κ3) is 49.4. The SMILES string of the molecule is CCCCCCCCCCCCCCCCCCCCC/C=C/C(O)C(COC1OC(CO)C(OC2OC(CO)C(O)C(O)C2O)C(O)C1O)NC(=O)CCCCCCCCCCCCCCCCCCCCCCCCCCCCCCCCCCCCCCCCCCC. The number of ether oxygens (including phenoxy) is 4. The summed E-state index contributed by atoms with van der Waals surface area (Å²) in [5.41, 5.74) is 0. The van der Waals surface area contributed by atoms with Crippen LogP contribution >= 0.6 is 0 Å². The number of aliphatic hydroxyl groups is 8. The van der Waals surface area contributed by atoms with E-state index in [1.165, 1.54) is 347 Å². The van der Waals surface area contributed by atoms with Gasteiger partial charge in [-0.2, -0.15) is 0 Å². The summed E-state index contributed by atoms with van der Waals surface area (Å²) >= 11 is 0. The van der Waals surface area contributed by atoms with Crippen LogP contribution in [-0.4, -0.2) is 140 Å². The van der Waals surface area contributed by atoms with E-state index in [1.54, 1.807) is 6.08 Å². The van der Waals surface area contributed by atoms with Crippen LogP contribution in [0.1, 0.15) is 412 Å². The van der Waals surface area contributed by atoms with Crippen LogP contribution in [0.2, 0.25) is 0 Å². The quantitative estimate of drug-likeness (QED) is 0.0204. The summed E-state index contributed by atoms with van der Waals surface area (Å²) < 4.78 is 22.9. The number of carbonyl (C=O) groups excluding carboxylic acids is 1. The van der Waals surface area contributed by atoms with Crippen molar-refractivity contribution in [2.75, 3.05) is 19.8 Å². The molecule has 14 nitrogen and oxygen atoms in total. The highest BCUT2D eigenvalue weighted by molar-refractivity contribution is 5.76. The molecular weight excluding hydrogens is 1210 g/mol. The predicted molar refractivity (Wildman–Crippen MR) is 397 cm³/mol. The van der Waals surface area contributed by atoms with Gasteiger partial charge in [-0.15, -0.1) is 0 Å². The lowest BCUT2D eigenvalue weighted by Gasteiger charge is -2.46. The molecule has 0 spiro atoms. The van der Waals surface area contributed by atoms with Crippen LogP contribution in [0.15, 0.2) is 12.2 Å². The fourth-order valence-corrected chi connectivity index (χ4v) is 14.4. The first-order chi connectivity index (χ1) is 47.1. The average molecular weight is 1370 g/mol. The molecule has 2 fully saturated rings. The first kappa shape index (κ1) is 90.8. The van der Waals surface area contributed by atoms with Crippen LogP contribution < -0.4 is 5.32 Å². The lowest BCUT2D eigenvalue weighted by molar-refractivity contribution is -0.359. The fourth-order valence-electron chi connectivity index (χ4n) is 14.4. The summed E-state index contributed by atoms with van der Waals surface area (Å²) in [5.74, 6) is -0.229. The summed E-state index contributed by atoms with van der Waals surface area (Å²) in [5, 5.41) is 87.6. The molecule has 0 saturated carbocycles. The highest BCUT2D eigenvalue weighted by Gasteiger charge is 2.51. The number of hydrogen-bond donors (Lipinski definition) is 9. The van der Waals surface area contributed by atoms with Gasteiger partial charge in [-0.05, 0) is 19.3 Å². The van der Waals surface area contributed by atoms with Crippen molar-refractivity contribution in [2.45, 2.75) is 485 Å². The van der Waals surface area contributed by atoms with Crippen LogP contribution in [-0.2, 0) is 23.7 Å². The zero-order valence-electron chi connectivity index (χ0n) is 62.7. The van der Waals surface area contributed by atoms with Gasteiger partial charge in [0, 0.05) is 6.42 Å². The molecule has 570 valence electrons. The second-order valence-corrected chi connectivity index (χ2v) is 30.0. The van der Waals surface area contributed by atoms with E-state index < -0.39 is 86.8 Å². The topological polar surface area (TPSA) is 228 Å². The zero-order chi connectivity index (χ0) is 69.4. The molecular formula is C82H159NO13. The monoisotopic (exact) mass is 1370 g/mol. The van der Waals surface area contributed by atoms with Crippen molar-refractivity contribution in [1.82, 2.24) is 5.32 Å². The third-order valence-corrected chi connectivity index (χ3v) is 21.0. The Morgan fingerprint density at radius 1 is 0.365 bits per heavy atom. The van der Waals surface area contributed by atoms with Gasteiger partial charge in [0.2, 0.25) is 5.91 Å². The molecule has 0 aromatic heterocycles. The smallest absolute Gasteiger partial charge is 0.220 e. The van der Waals surface area contributed by atoms with Crippen LogP contribution in [0.25, 0.3) is 0 Å². The summed E-state index contributed by atoms with van der Waals surface area (Å²) in [6, 6.07) is -0.912. The number of rotatable bonds is 72. The molecule has 9 N–H and O–H groups in total. The van der Waals surface area contributed by atoms with E-state index in [0.717, 1.165) is 44.9 Å². The maximum Gasteiger partial charge on any atom is 0.220 e. The van der Waals surface area contributed by atoms with E-state index in [1.807, 2.05) is 6.08 Å². The maximum absolute atomic E-state index is 13.4. The van der Waals surface area contributed by atoms with Gasteiger partial charge in [0.1, 0.15) is 48.8 Å². The molecule has 0 aliphatic carbocycles. The van der Waals surface area contributed by atoms with Crippen molar-refractivity contribution >= 4 is 5.91 Å². The largest absolute Gasteiger partial charge is 0.394 e. The number of allylic oxidation sites excluding steroid dienone is 1. The number of nitrogens with one attached hydrogen (secondary N) is 1. The summed E-state index contributed by atoms with van der Waals surface area (Å²) in [6.07, 6.45) is 69.0. The average Bonchev–Trinajstić information content (AvgIpc) is 0.800. The molecule has 1 amide bonds. The Balaban J connectivity index is 1.54. The van der Waals surface area contributed by atoms with Crippen molar-refractivity contribution in [3.05, 3.63) is 12.2 Å². The molecule has 0 aromatic rings. The molecule has 2 saturated heterocycles. The lowest BCUT2D eigenvalue weighted by Crippen LogP contribution is -2.65. The Hall–Kier alpha value is -1.27. The van der Waals surface area contributed by atoms with Crippen molar-refractivity contribution in [3.8, 4) is 0 Å². The number of hydrogen-bond acceptors (Lipinski definition) is 13. The highest BCUT2D eigenvalue weighted by atomic mass is 16.7. The first-order valence-corrected chi connectivity index (χ1v) is 41.9. The molecule has 0 bridgehead atoms. The lowest BCUT2D eigenvalue weighted by atomic mass is 9.97. The summed E-state index contributed by atoms with van der Waals surface area (Å²) in [4.78, 5) is 13.4. The van der Waals surface area contributed by atoms with Crippen LogP contribution in [0.4, 0.5) is 0 Å². The molecule has 2 rings (SSSR count). The molecule has 0 aromatic carbocycles. The third-order valence-electron chi connectivity index (χ3n) is 21.0. The van der Waals surface area contributed by atoms with Crippen LogP contribution in [0, 0.1) is 0 Å². The number of unbranched alkanes of at least 4 members (excludes halogenated alkanes) is 59. The molecule has 12 unspecified atom stereocenters. The van der Waals surface area contributed by atoms with Gasteiger partial charge in [0.15, 0.2) is 12.6 Å². The Bertz CT molecular complexity index is 1660. The Labute approximate surface area is 590 Å². The Morgan fingerprint density at radius 2 is 0.646 bits per heavy atom. The van der Waals surface area contributed by atoms with Gasteiger partial charge in [0.05, 0.1) is 32.0 Å². The van der Waals surface area contributed by atoms with Crippen molar-refractivity contribution < 1.29 is 64.6 Å². The summed E-state index contributed by atoms with van der Waals surface area (Å²) in [7, 11) is 0. The molecule has 2 aliphatic heterocycles. The van der Waals surface area contributed by atoms with Gasteiger partial charge in [0.25, 0.3) is 0 Å². The van der Waals surface area contributed by atoms with Gasteiger partial charge in [-0.1, -0.05) is 398 Å². The van der Waals surface area contributed by atoms with Crippen molar-refractivity contribution in [1.29, 1.82) is 0 Å². The normalized spacial score (nSPS) is 22.2. The van der Waals surface area contributed by atoms with E-state index in [-0.39, 0.29) is 18.9 Å². The predicted octanol–water partition coefficient (Wildman–Crippen LogP) is 19.3. The first-order valence-electron chi connectivity index (χ1n) is 41.9. The summed E-state index contributed by atoms with van der Waals surface area (Å²) in [6.45, 7) is 2.88. The van der Waals surface area contributed by atoms with E-state index in [9.17, 15) is 45.6 Å². The van der Waals surface area contributed by atoms with Gasteiger partial charge >= 0.3 is 0 Å². The van der Waals surface area contributed by atoms with Gasteiger partial charge < -0.3 is 65.1 Å². The van der Waals surface area contributed by atoms with Crippen molar-refractivity contribution in [3.63, 3.8) is 0 Å². The zero-order valence-corrected chi connectivity index (χ0v) is 62.7. The molecule has 14 heteroatoms. The van der Waals surface area contributed by atoms with E-state index in [0.29, 0.717) is 0 Å². The van der Waals surface area contributed by atoms with Crippen LogP contribution in [0.3, 0.4) is 0 Å². The fraction of sp³-hybridized carbons (Fsp3) is 0.963. The Kier molecular flexibility index (Phi) is 63.3. The molecule has 2 heterocycles. The molecule has 2 aliphatic rings. The van der Waals surface area contributed by atoms with Crippen LogP contribution in [0.5, 0.6) is 0 Å². The Morgan fingerprint density at radius 3 is 0.958 bits per heavy atom. The molecule has 12 atom stereocenters. The standard InChI is InChI=1S/C82H159NO13/c1-3-5-7-9-11-13-15-17-19-21-23-25-26-27-28-29-30-31-32-33-34-35-36-37-38-39-40-41-42-43-44-46-48-50-52-54-56-58-60-62-64-66-74(87)83-70(71(86)65-63-61-59-57-55-53-51-49-47-45-24-22-20-18-16-14-12-10-8-6-4-2)69-93-81-79(92)77(90)80(73(68-85)95-81)96-82-78(91)76(89)75(88)72(67-84)94-82/h63,65,70-73,75-82,84-86,88-92H,3-62,64,66-69H2,1-2H3,(H,83,87)/b65-63+. The number of aliphatic hydroxyl groups excluding tert-OH is 8. The van der Waals surface area contributed by atoms with Gasteiger partial charge in [-0.3, -0.25) is 4.79 Å². The number of amides is 1.